The zero-order chi connectivity index (χ0) is 31.0. The molecule has 0 spiro atoms. The molecule has 1 aromatic carbocycles. The van der Waals surface area contributed by atoms with Gasteiger partial charge in [-0.15, -0.1) is 0 Å². The highest BCUT2D eigenvalue weighted by Crippen LogP contribution is 2.37. The minimum Gasteiger partial charge on any atom is -0.480 e. The summed E-state index contributed by atoms with van der Waals surface area (Å²) < 4.78 is 22.0. The van der Waals surface area contributed by atoms with Gasteiger partial charge in [-0.05, 0) is 60.1 Å². The summed E-state index contributed by atoms with van der Waals surface area (Å²) in [7, 11) is 0. The lowest BCUT2D eigenvalue weighted by Gasteiger charge is -2.28. The fourth-order valence-electron chi connectivity index (χ4n) is 4.78. The summed E-state index contributed by atoms with van der Waals surface area (Å²) in [4.78, 5) is 49.6. The van der Waals surface area contributed by atoms with Crippen molar-refractivity contribution in [3.05, 3.63) is 23.8 Å². The molecule has 10 nitrogen and oxygen atoms in total. The molecular weight excluding hydrogens is 530 g/mol. The zero-order valence-corrected chi connectivity index (χ0v) is 25.5. The largest absolute Gasteiger partial charge is 0.508 e. The Bertz CT molecular complexity index is 1060. The average Bonchev–Trinajstić information content (AvgIpc) is 2.82. The van der Waals surface area contributed by atoms with E-state index in [2.05, 4.69) is 0 Å². The molecule has 2 unspecified atom stereocenters. The van der Waals surface area contributed by atoms with Crippen molar-refractivity contribution >= 4 is 24.1 Å². The number of carboxylic acid groups (broad SMARTS) is 1. The lowest BCUT2D eigenvalue weighted by molar-refractivity contribution is -0.139. The van der Waals surface area contributed by atoms with E-state index < -0.39 is 41.9 Å². The summed E-state index contributed by atoms with van der Waals surface area (Å²) in [6, 6.07) is 3.13. The van der Waals surface area contributed by atoms with E-state index >= 15 is 0 Å². The van der Waals surface area contributed by atoms with Crippen molar-refractivity contribution < 1.29 is 43.2 Å². The van der Waals surface area contributed by atoms with Gasteiger partial charge in [0, 0.05) is 5.92 Å². The Morgan fingerprint density at radius 3 is 1.95 bits per heavy atom. The third kappa shape index (κ3) is 12.1. The van der Waals surface area contributed by atoms with Gasteiger partial charge in [-0.1, -0.05) is 61.0 Å². The number of aliphatic carboxylic acids is 1. The number of carbonyl (C=O) groups excluding carboxylic acids is 3. The van der Waals surface area contributed by atoms with Crippen LogP contribution in [0.4, 0.5) is 4.79 Å². The monoisotopic (exact) mass is 577 g/mol. The van der Waals surface area contributed by atoms with E-state index in [1.807, 2.05) is 41.5 Å². The number of carbonyl (C=O) groups is 4. The number of hydrogen-bond donors (Lipinski definition) is 2. The summed E-state index contributed by atoms with van der Waals surface area (Å²) in [5.74, 6) is -3.67. The SMILES string of the molecule is CC(COC(=O)OC1CCCCC1)C(c1ccc(OC(=O)CC(C)(C)C)c(OC(=O)CC(C)(C)C)c1)[C@H](N)C(=O)O. The van der Waals surface area contributed by atoms with Crippen molar-refractivity contribution in [3.63, 3.8) is 0 Å². The van der Waals surface area contributed by atoms with Crippen molar-refractivity contribution in [1.82, 2.24) is 0 Å². The summed E-state index contributed by atoms with van der Waals surface area (Å²) >= 11 is 0. The first-order valence-electron chi connectivity index (χ1n) is 14.3. The number of ether oxygens (including phenoxy) is 4. The maximum atomic E-state index is 12.7. The summed E-state index contributed by atoms with van der Waals surface area (Å²) in [5.41, 5.74) is 5.85. The van der Waals surface area contributed by atoms with Gasteiger partial charge in [0.15, 0.2) is 11.5 Å². The predicted octanol–water partition coefficient (Wildman–Crippen LogP) is 5.99. The quantitative estimate of drug-likeness (QED) is 0.237. The van der Waals surface area contributed by atoms with Crippen molar-refractivity contribution in [2.24, 2.45) is 22.5 Å². The lowest BCUT2D eigenvalue weighted by atomic mass is 9.82. The highest BCUT2D eigenvalue weighted by atomic mass is 16.7. The van der Waals surface area contributed by atoms with Crippen molar-refractivity contribution in [1.29, 1.82) is 0 Å². The highest BCUT2D eigenvalue weighted by molar-refractivity contribution is 5.78. The second-order valence-electron chi connectivity index (χ2n) is 13.4. The normalized spacial score (nSPS) is 16.7. The molecule has 0 aromatic heterocycles. The molecule has 1 fully saturated rings. The molecule has 3 atom stereocenters. The van der Waals surface area contributed by atoms with Crippen molar-refractivity contribution in [2.45, 2.75) is 111 Å². The molecule has 0 bridgehead atoms. The Labute approximate surface area is 243 Å². The van der Waals surface area contributed by atoms with E-state index in [1.165, 1.54) is 12.1 Å². The number of rotatable bonds is 11. The van der Waals surface area contributed by atoms with Crippen LogP contribution in [0, 0.1) is 16.7 Å². The Balaban J connectivity index is 2.32. The minimum absolute atomic E-state index is 0.0218. The van der Waals surface area contributed by atoms with Crippen LogP contribution in [0.5, 0.6) is 11.5 Å². The van der Waals surface area contributed by atoms with E-state index in [9.17, 15) is 24.3 Å². The molecule has 3 N–H and O–H groups in total. The molecule has 0 saturated heterocycles. The summed E-state index contributed by atoms with van der Waals surface area (Å²) in [6.45, 7) is 12.9. The van der Waals surface area contributed by atoms with Crippen molar-refractivity contribution in [3.8, 4) is 11.5 Å². The first-order valence-corrected chi connectivity index (χ1v) is 14.3. The first kappa shape index (κ1) is 34.1. The summed E-state index contributed by atoms with van der Waals surface area (Å²) in [6.07, 6.45) is 3.93. The molecule has 1 saturated carbocycles. The average molecular weight is 578 g/mol. The van der Waals surface area contributed by atoms with E-state index in [0.717, 1.165) is 32.1 Å². The van der Waals surface area contributed by atoms with Gasteiger partial charge in [-0.2, -0.15) is 0 Å². The van der Waals surface area contributed by atoms with Gasteiger partial charge in [0.2, 0.25) is 0 Å². The molecule has 230 valence electrons. The van der Waals surface area contributed by atoms with E-state index in [0.29, 0.717) is 5.56 Å². The molecule has 1 aliphatic rings. The third-order valence-corrected chi connectivity index (χ3v) is 6.71. The molecule has 1 aliphatic carbocycles. The van der Waals surface area contributed by atoms with Crippen LogP contribution in [-0.4, -0.2) is 47.9 Å². The molecule has 0 heterocycles. The van der Waals surface area contributed by atoms with Crippen LogP contribution in [0.3, 0.4) is 0 Å². The Kier molecular flexibility index (Phi) is 12.2. The Morgan fingerprint density at radius 1 is 0.902 bits per heavy atom. The molecule has 0 aliphatic heterocycles. The molecule has 2 rings (SSSR count). The lowest BCUT2D eigenvalue weighted by Crippen LogP contribution is -2.40. The number of esters is 2. The topological polar surface area (TPSA) is 151 Å². The van der Waals surface area contributed by atoms with E-state index in [-0.39, 0.29) is 47.9 Å². The highest BCUT2D eigenvalue weighted by Gasteiger charge is 2.33. The van der Waals surface area contributed by atoms with E-state index in [1.54, 1.807) is 13.0 Å². The van der Waals surface area contributed by atoms with Gasteiger partial charge in [-0.25, -0.2) is 4.79 Å². The number of nitrogens with two attached hydrogens (primary N) is 1. The standard InChI is InChI=1S/C31H47NO9/c1-19(18-38-29(37)39-21-11-9-8-10-12-21)26(27(32)28(35)36)20-13-14-22(40-24(33)16-30(2,3)4)23(15-20)41-25(34)17-31(5,6)7/h13-15,19,21,26-27H,8-12,16-18,32H2,1-7H3,(H,35,36)/t19?,26?,27-/m0/s1. The van der Waals surface area contributed by atoms with E-state index in [4.69, 9.17) is 24.7 Å². The van der Waals surface area contributed by atoms with Crippen LogP contribution in [0.25, 0.3) is 0 Å². The molecule has 41 heavy (non-hydrogen) atoms. The first-order chi connectivity index (χ1) is 18.9. The van der Waals surface area contributed by atoms with Gasteiger partial charge in [0.25, 0.3) is 0 Å². The van der Waals surface area contributed by atoms with Gasteiger partial charge < -0.3 is 29.8 Å². The fourth-order valence-corrected chi connectivity index (χ4v) is 4.78. The molecule has 0 radical (unpaired) electrons. The summed E-state index contributed by atoms with van der Waals surface area (Å²) in [5, 5.41) is 9.77. The van der Waals surface area contributed by atoms with Gasteiger partial charge in [-0.3, -0.25) is 14.4 Å². The van der Waals surface area contributed by atoms with Gasteiger partial charge in [0.05, 0.1) is 19.4 Å². The zero-order valence-electron chi connectivity index (χ0n) is 25.5. The predicted molar refractivity (Wildman–Crippen MR) is 153 cm³/mol. The van der Waals surface area contributed by atoms with Crippen LogP contribution in [0.1, 0.15) is 105 Å². The van der Waals surface area contributed by atoms with Gasteiger partial charge >= 0.3 is 24.1 Å². The van der Waals surface area contributed by atoms with Gasteiger partial charge in [0.1, 0.15) is 12.1 Å². The van der Waals surface area contributed by atoms with Crippen LogP contribution in [0.15, 0.2) is 18.2 Å². The molecule has 0 amide bonds. The molecular formula is C31H47NO9. The van der Waals surface area contributed by atoms with Crippen molar-refractivity contribution in [2.75, 3.05) is 6.61 Å². The number of hydrogen-bond acceptors (Lipinski definition) is 9. The number of carboxylic acids is 1. The van der Waals surface area contributed by atoms with Crippen LogP contribution >= 0.6 is 0 Å². The fraction of sp³-hybridized carbons (Fsp3) is 0.677. The van der Waals surface area contributed by atoms with Crippen LogP contribution in [-0.2, 0) is 23.9 Å². The maximum absolute atomic E-state index is 12.7. The maximum Gasteiger partial charge on any atom is 0.508 e. The Hall–Kier alpha value is -3.14. The minimum atomic E-state index is -1.37. The Morgan fingerprint density at radius 2 is 1.44 bits per heavy atom. The second kappa shape index (κ2) is 14.7. The van der Waals surface area contributed by atoms with Crippen LogP contribution < -0.4 is 15.2 Å². The molecule has 1 aromatic rings. The smallest absolute Gasteiger partial charge is 0.480 e. The third-order valence-electron chi connectivity index (χ3n) is 6.71. The second-order valence-corrected chi connectivity index (χ2v) is 13.4. The number of benzene rings is 1. The molecule has 10 heteroatoms. The van der Waals surface area contributed by atoms with Crippen LogP contribution in [0.2, 0.25) is 0 Å².